The molecule has 0 radical (unpaired) electrons. The summed E-state index contributed by atoms with van der Waals surface area (Å²) in [6.07, 6.45) is 3.29. The van der Waals surface area contributed by atoms with Gasteiger partial charge in [-0.2, -0.15) is 0 Å². The number of anilines is 1. The molecule has 1 unspecified atom stereocenters. The Morgan fingerprint density at radius 2 is 1.56 bits per heavy atom. The number of aromatic nitrogens is 1. The van der Waals surface area contributed by atoms with Crippen LogP contribution in [0.2, 0.25) is 5.02 Å². The fourth-order valence-electron chi connectivity index (χ4n) is 11.3. The molecule has 6 aliphatic rings. The summed E-state index contributed by atoms with van der Waals surface area (Å²) in [4.78, 5) is 79.9. The minimum atomic E-state index is -1.11. The number of benzene rings is 2. The van der Waals surface area contributed by atoms with E-state index < -0.39 is 35.5 Å². The molecule has 1 saturated carbocycles. The molecular formula is C47H47ClFN7O6. The van der Waals surface area contributed by atoms with Crippen molar-refractivity contribution in [1.82, 2.24) is 25.0 Å². The van der Waals surface area contributed by atoms with Gasteiger partial charge in [-0.05, 0) is 87.5 Å². The number of nitrogens with one attached hydrogen (secondary N) is 1. The highest BCUT2D eigenvalue weighted by molar-refractivity contribution is 6.33. The zero-order chi connectivity index (χ0) is 43.8. The number of likely N-dealkylation sites (tertiary alicyclic amines) is 1. The molecule has 5 aliphatic heterocycles. The molecule has 6 heterocycles. The SMILES string of the molecule is [C-]#[N+]c1ccc(OC2C(C)(C)C(N3Cc4nc(C#CC5CCN(C6CCN(c7cc8c(cc7F)C(=O)N(C7CCC(=O)NC7=O)C8=O)CC6)CC5)ccc4C3=O)C2(C)C)cc1Cl. The molecule has 13 nitrogen and oxygen atoms in total. The molecule has 9 rings (SSSR count). The van der Waals surface area contributed by atoms with Gasteiger partial charge in [0.15, 0.2) is 0 Å². The first-order chi connectivity index (χ1) is 29.6. The van der Waals surface area contributed by atoms with Crippen LogP contribution in [0.3, 0.4) is 0 Å². The second-order valence-electron chi connectivity index (χ2n) is 18.5. The van der Waals surface area contributed by atoms with Crippen molar-refractivity contribution in [2.75, 3.05) is 31.1 Å². The third kappa shape index (κ3) is 6.98. The first-order valence-electron chi connectivity index (χ1n) is 21.3. The van der Waals surface area contributed by atoms with Gasteiger partial charge in [0.1, 0.15) is 29.4 Å². The number of fused-ring (bicyclic) bond motifs is 2. The van der Waals surface area contributed by atoms with E-state index in [0.717, 1.165) is 55.4 Å². The molecule has 5 amide bonds. The standard InChI is InChI=1S/C47H47ClFN7O6/c1-46(2)44(47(3,4)45(46)62-29-9-11-35(50-5)33(48)22-29)55-25-36-30(41(55)59)10-8-27(51-36)7-6-26-14-18-53(19-15-26)28-16-20-54(21-17-28)38-24-32-31(23-34(38)49)42(60)56(43(32)61)37-12-13-39(57)52-40(37)58/h8-11,22-24,26,28,37,44-45H,12-21,25H2,1-4H3,(H,52,57,58). The fourth-order valence-corrected chi connectivity index (χ4v) is 11.5. The van der Waals surface area contributed by atoms with E-state index >= 15 is 4.39 Å². The van der Waals surface area contributed by atoms with Crippen LogP contribution >= 0.6 is 11.6 Å². The van der Waals surface area contributed by atoms with Crippen molar-refractivity contribution in [1.29, 1.82) is 0 Å². The van der Waals surface area contributed by atoms with Gasteiger partial charge >= 0.3 is 0 Å². The largest absolute Gasteiger partial charge is 0.489 e. The Hall–Kier alpha value is -5.83. The minimum absolute atomic E-state index is 0.0129. The van der Waals surface area contributed by atoms with Crippen molar-refractivity contribution in [2.24, 2.45) is 16.7 Å². The number of carbonyl (C=O) groups excluding carboxylic acids is 5. The van der Waals surface area contributed by atoms with Crippen molar-refractivity contribution in [3.05, 3.63) is 92.8 Å². The van der Waals surface area contributed by atoms with Crippen LogP contribution in [-0.4, -0.2) is 99.6 Å². The van der Waals surface area contributed by atoms with Gasteiger partial charge in [-0.1, -0.05) is 51.3 Å². The van der Waals surface area contributed by atoms with Gasteiger partial charge in [0.25, 0.3) is 17.7 Å². The Labute approximate surface area is 364 Å². The number of ether oxygens (including phenoxy) is 1. The Morgan fingerprint density at radius 1 is 0.871 bits per heavy atom. The van der Waals surface area contributed by atoms with Gasteiger partial charge in [-0.25, -0.2) is 14.2 Å². The fraction of sp³-hybridized carbons (Fsp3) is 0.468. The zero-order valence-corrected chi connectivity index (χ0v) is 35.9. The molecule has 62 heavy (non-hydrogen) atoms. The van der Waals surface area contributed by atoms with E-state index in [1.54, 1.807) is 18.2 Å². The molecule has 0 bridgehead atoms. The Kier molecular flexibility index (Phi) is 10.4. The Balaban J connectivity index is 0.778. The number of hydrogen-bond donors (Lipinski definition) is 1. The van der Waals surface area contributed by atoms with Gasteiger partial charge < -0.3 is 19.4 Å². The predicted molar refractivity (Wildman–Crippen MR) is 227 cm³/mol. The number of amides is 5. The Bertz CT molecular complexity index is 2530. The number of piperidine rings is 3. The highest BCUT2D eigenvalue weighted by Crippen LogP contribution is 2.59. The number of hydrogen-bond acceptors (Lipinski definition) is 9. The maximum absolute atomic E-state index is 15.5. The van der Waals surface area contributed by atoms with Crippen LogP contribution in [0.25, 0.3) is 4.85 Å². The number of nitrogens with zero attached hydrogens (tertiary/aromatic N) is 6. The van der Waals surface area contributed by atoms with E-state index in [2.05, 4.69) is 54.6 Å². The van der Waals surface area contributed by atoms with Gasteiger partial charge in [-0.15, -0.1) is 0 Å². The summed E-state index contributed by atoms with van der Waals surface area (Å²) in [5.74, 6) is 4.40. The van der Waals surface area contributed by atoms with Gasteiger partial charge in [0.2, 0.25) is 17.5 Å². The van der Waals surface area contributed by atoms with E-state index in [9.17, 15) is 24.0 Å². The second-order valence-corrected chi connectivity index (χ2v) is 18.9. The van der Waals surface area contributed by atoms with Crippen LogP contribution in [0.15, 0.2) is 42.5 Å². The maximum Gasteiger partial charge on any atom is 0.262 e. The molecule has 4 fully saturated rings. The lowest BCUT2D eigenvalue weighted by Gasteiger charge is -2.65. The van der Waals surface area contributed by atoms with Crippen LogP contribution in [-0.2, 0) is 16.1 Å². The van der Waals surface area contributed by atoms with Crippen LogP contribution in [0.5, 0.6) is 5.75 Å². The Morgan fingerprint density at radius 3 is 2.23 bits per heavy atom. The lowest BCUT2D eigenvalue weighted by molar-refractivity contribution is -0.199. The second kappa shape index (κ2) is 15.5. The van der Waals surface area contributed by atoms with Crippen LogP contribution in [0, 0.1) is 41.0 Å². The summed E-state index contributed by atoms with van der Waals surface area (Å²) in [5.41, 5.74) is 1.87. The number of imide groups is 2. The summed E-state index contributed by atoms with van der Waals surface area (Å²) < 4.78 is 22.0. The highest BCUT2D eigenvalue weighted by Gasteiger charge is 2.67. The van der Waals surface area contributed by atoms with Crippen LogP contribution < -0.4 is 15.0 Å². The molecule has 1 aliphatic carbocycles. The summed E-state index contributed by atoms with van der Waals surface area (Å²) in [6, 6.07) is 10.4. The van der Waals surface area contributed by atoms with E-state index in [4.69, 9.17) is 27.9 Å². The monoisotopic (exact) mass is 859 g/mol. The zero-order valence-electron chi connectivity index (χ0n) is 35.1. The quantitative estimate of drug-likeness (QED) is 0.170. The molecule has 1 atom stereocenters. The van der Waals surface area contributed by atoms with Gasteiger partial charge in [0.05, 0.1) is 46.2 Å². The lowest BCUT2D eigenvalue weighted by atomic mass is 9.49. The smallest absolute Gasteiger partial charge is 0.262 e. The number of rotatable bonds is 6. The van der Waals surface area contributed by atoms with E-state index in [1.165, 1.54) is 6.07 Å². The van der Waals surface area contributed by atoms with E-state index in [1.807, 2.05) is 21.9 Å². The van der Waals surface area contributed by atoms with Crippen LogP contribution in [0.1, 0.15) is 109 Å². The number of carbonyl (C=O) groups is 5. The highest BCUT2D eigenvalue weighted by atomic mass is 35.5. The van der Waals surface area contributed by atoms with Crippen molar-refractivity contribution in [3.8, 4) is 17.6 Å². The minimum Gasteiger partial charge on any atom is -0.489 e. The van der Waals surface area contributed by atoms with E-state index in [0.29, 0.717) is 53.4 Å². The molecule has 3 saturated heterocycles. The molecule has 2 aromatic carbocycles. The summed E-state index contributed by atoms with van der Waals surface area (Å²) >= 11 is 6.30. The van der Waals surface area contributed by atoms with Gasteiger partial charge in [-0.3, -0.25) is 34.2 Å². The molecular weight excluding hydrogens is 813 g/mol. The molecule has 15 heteroatoms. The summed E-state index contributed by atoms with van der Waals surface area (Å²) in [7, 11) is 0. The predicted octanol–water partition coefficient (Wildman–Crippen LogP) is 6.40. The number of pyridine rings is 1. The van der Waals surface area contributed by atoms with Crippen molar-refractivity contribution in [3.63, 3.8) is 0 Å². The summed E-state index contributed by atoms with van der Waals surface area (Å²) in [5, 5.41) is 2.53. The molecule has 1 N–H and O–H groups in total. The third-order valence-corrected chi connectivity index (χ3v) is 14.2. The molecule has 320 valence electrons. The first-order valence-corrected chi connectivity index (χ1v) is 21.6. The van der Waals surface area contributed by atoms with Crippen molar-refractivity contribution < 1.29 is 33.1 Å². The normalized spacial score (nSPS) is 24.8. The topological polar surface area (TPSA) is 137 Å². The first kappa shape index (κ1) is 41.5. The average Bonchev–Trinajstić information content (AvgIpc) is 3.68. The molecule has 3 aromatic rings. The van der Waals surface area contributed by atoms with Gasteiger partial charge in [0, 0.05) is 48.3 Å². The maximum atomic E-state index is 15.5. The lowest BCUT2D eigenvalue weighted by Crippen LogP contribution is -2.74. The molecule has 0 spiro atoms. The average molecular weight is 860 g/mol. The van der Waals surface area contributed by atoms with Crippen LogP contribution in [0.4, 0.5) is 15.8 Å². The third-order valence-electron chi connectivity index (χ3n) is 13.9. The number of halogens is 2. The van der Waals surface area contributed by atoms with Crippen molar-refractivity contribution in [2.45, 2.75) is 97.0 Å². The van der Waals surface area contributed by atoms with E-state index in [-0.39, 0.29) is 64.5 Å². The van der Waals surface area contributed by atoms with Crippen molar-refractivity contribution >= 4 is 52.5 Å². The summed E-state index contributed by atoms with van der Waals surface area (Å²) in [6.45, 7) is 19.1. The molecule has 1 aromatic heterocycles.